The first-order valence-electron chi connectivity index (χ1n) is 5.66. The van der Waals surface area contributed by atoms with Crippen molar-refractivity contribution in [2.24, 2.45) is 0 Å². The van der Waals surface area contributed by atoms with E-state index in [1.165, 1.54) is 6.07 Å². The maximum atomic E-state index is 13.5. The number of nitrogen functional groups attached to an aromatic ring is 1. The fourth-order valence-corrected chi connectivity index (χ4v) is 1.64. The van der Waals surface area contributed by atoms with Gasteiger partial charge in [-0.2, -0.15) is 0 Å². The third kappa shape index (κ3) is 2.56. The summed E-state index contributed by atoms with van der Waals surface area (Å²) in [5.41, 5.74) is 7.12. The molecule has 0 aliphatic rings. The highest BCUT2D eigenvalue weighted by atomic mass is 19.1. The maximum absolute atomic E-state index is 13.5. The van der Waals surface area contributed by atoms with E-state index in [1.54, 1.807) is 25.1 Å². The Balaban J connectivity index is 2.18. The molecule has 5 heteroatoms. The molecule has 0 unspecified atom stereocenters. The number of anilines is 2. The van der Waals surface area contributed by atoms with Gasteiger partial charge in [-0.05, 0) is 19.9 Å². The number of aromatic nitrogens is 2. The van der Waals surface area contributed by atoms with Gasteiger partial charge in [-0.1, -0.05) is 18.2 Å². The van der Waals surface area contributed by atoms with Crippen LogP contribution in [0.5, 0.6) is 0 Å². The summed E-state index contributed by atoms with van der Waals surface area (Å²) < 4.78 is 13.5. The number of hydrogen-bond donors (Lipinski definition) is 2. The molecule has 94 valence electrons. The molecule has 0 atom stereocenters. The summed E-state index contributed by atoms with van der Waals surface area (Å²) in [6.45, 7) is 3.96. The lowest BCUT2D eigenvalue weighted by atomic mass is 10.2. The minimum Gasteiger partial charge on any atom is -0.383 e. The number of aryl methyl sites for hydroxylation is 1. The molecule has 0 aliphatic heterocycles. The van der Waals surface area contributed by atoms with Gasteiger partial charge >= 0.3 is 0 Å². The molecular formula is C13H15FN4. The first kappa shape index (κ1) is 12.3. The second kappa shape index (κ2) is 5.00. The first-order valence-corrected chi connectivity index (χ1v) is 5.66. The molecule has 1 aromatic heterocycles. The minimum atomic E-state index is -0.235. The zero-order valence-electron chi connectivity index (χ0n) is 10.4. The Morgan fingerprint density at radius 2 is 1.94 bits per heavy atom. The normalized spacial score (nSPS) is 10.4. The predicted octanol–water partition coefficient (Wildman–Crippen LogP) is 2.43. The summed E-state index contributed by atoms with van der Waals surface area (Å²) in [5.74, 6) is 1.44. The minimum absolute atomic E-state index is 0.235. The number of nitrogens with one attached hydrogen (secondary N) is 1. The number of hydrogen-bond acceptors (Lipinski definition) is 4. The molecule has 0 fully saturated rings. The summed E-state index contributed by atoms with van der Waals surface area (Å²) in [5, 5.41) is 3.08. The van der Waals surface area contributed by atoms with Gasteiger partial charge < -0.3 is 11.1 Å². The monoisotopic (exact) mass is 246 g/mol. The molecule has 18 heavy (non-hydrogen) atoms. The molecule has 2 rings (SSSR count). The van der Waals surface area contributed by atoms with E-state index in [0.29, 0.717) is 29.6 Å². The summed E-state index contributed by atoms with van der Waals surface area (Å²) in [4.78, 5) is 8.31. The summed E-state index contributed by atoms with van der Waals surface area (Å²) in [6.07, 6.45) is 0. The van der Waals surface area contributed by atoms with Crippen LogP contribution in [0.3, 0.4) is 0 Å². The van der Waals surface area contributed by atoms with Gasteiger partial charge in [0.15, 0.2) is 0 Å². The average molecular weight is 246 g/mol. The van der Waals surface area contributed by atoms with E-state index in [9.17, 15) is 4.39 Å². The Morgan fingerprint density at radius 1 is 1.22 bits per heavy atom. The van der Waals surface area contributed by atoms with E-state index in [4.69, 9.17) is 5.73 Å². The van der Waals surface area contributed by atoms with Gasteiger partial charge in [0, 0.05) is 17.7 Å². The topological polar surface area (TPSA) is 63.8 Å². The SMILES string of the molecule is Cc1nc(N)c(C)c(NCc2ccccc2F)n1. The Bertz CT molecular complexity index is 569. The van der Waals surface area contributed by atoms with Gasteiger partial charge in [-0.3, -0.25) is 0 Å². The average Bonchev–Trinajstić information content (AvgIpc) is 2.33. The smallest absolute Gasteiger partial charge is 0.135 e. The molecule has 1 aromatic carbocycles. The van der Waals surface area contributed by atoms with Crippen molar-refractivity contribution in [2.45, 2.75) is 20.4 Å². The van der Waals surface area contributed by atoms with E-state index in [-0.39, 0.29) is 5.82 Å². The number of rotatable bonds is 3. The molecule has 2 aromatic rings. The molecule has 0 saturated heterocycles. The number of halogens is 1. The molecular weight excluding hydrogens is 231 g/mol. The molecule has 4 nitrogen and oxygen atoms in total. The number of benzene rings is 1. The maximum Gasteiger partial charge on any atom is 0.135 e. The van der Waals surface area contributed by atoms with Gasteiger partial charge in [0.05, 0.1) is 0 Å². The van der Waals surface area contributed by atoms with Gasteiger partial charge in [0.25, 0.3) is 0 Å². The van der Waals surface area contributed by atoms with Crippen LogP contribution in [-0.4, -0.2) is 9.97 Å². The lowest BCUT2D eigenvalue weighted by Gasteiger charge is -2.11. The molecule has 0 radical (unpaired) electrons. The van der Waals surface area contributed by atoms with Gasteiger partial charge in [-0.15, -0.1) is 0 Å². The van der Waals surface area contributed by atoms with Crippen LogP contribution in [0.2, 0.25) is 0 Å². The second-order valence-corrected chi connectivity index (χ2v) is 4.07. The second-order valence-electron chi connectivity index (χ2n) is 4.07. The molecule has 0 spiro atoms. The Labute approximate surface area is 105 Å². The van der Waals surface area contributed by atoms with E-state index >= 15 is 0 Å². The molecule has 0 bridgehead atoms. The molecule has 0 amide bonds. The van der Waals surface area contributed by atoms with Crippen LogP contribution in [0.25, 0.3) is 0 Å². The fraction of sp³-hybridized carbons (Fsp3) is 0.231. The molecule has 3 N–H and O–H groups in total. The fourth-order valence-electron chi connectivity index (χ4n) is 1.64. The van der Waals surface area contributed by atoms with Gasteiger partial charge in [-0.25, -0.2) is 14.4 Å². The molecule has 0 saturated carbocycles. The lowest BCUT2D eigenvalue weighted by Crippen LogP contribution is -2.08. The van der Waals surface area contributed by atoms with Crippen LogP contribution in [-0.2, 0) is 6.54 Å². The predicted molar refractivity (Wildman–Crippen MR) is 69.6 cm³/mol. The van der Waals surface area contributed by atoms with Gasteiger partial charge in [0.1, 0.15) is 23.3 Å². The van der Waals surface area contributed by atoms with Crippen molar-refractivity contribution in [3.05, 3.63) is 47.0 Å². The standard InChI is InChI=1S/C13H15FN4/c1-8-12(15)17-9(2)18-13(8)16-7-10-5-3-4-6-11(10)14/h3-6H,7H2,1-2H3,(H3,15,16,17,18). The zero-order chi connectivity index (χ0) is 13.1. The van der Waals surface area contributed by atoms with Crippen molar-refractivity contribution in [2.75, 3.05) is 11.1 Å². The van der Waals surface area contributed by atoms with E-state index in [2.05, 4.69) is 15.3 Å². The van der Waals surface area contributed by atoms with Crippen LogP contribution < -0.4 is 11.1 Å². The van der Waals surface area contributed by atoms with Crippen molar-refractivity contribution < 1.29 is 4.39 Å². The van der Waals surface area contributed by atoms with Crippen molar-refractivity contribution in [1.82, 2.24) is 9.97 Å². The van der Waals surface area contributed by atoms with Crippen molar-refractivity contribution in [3.8, 4) is 0 Å². The highest BCUT2D eigenvalue weighted by molar-refractivity contribution is 5.54. The van der Waals surface area contributed by atoms with Crippen molar-refractivity contribution in [1.29, 1.82) is 0 Å². The first-order chi connectivity index (χ1) is 8.58. The Morgan fingerprint density at radius 3 is 2.67 bits per heavy atom. The van der Waals surface area contributed by atoms with Crippen LogP contribution in [0.4, 0.5) is 16.0 Å². The summed E-state index contributed by atoms with van der Waals surface area (Å²) in [7, 11) is 0. The summed E-state index contributed by atoms with van der Waals surface area (Å²) >= 11 is 0. The van der Waals surface area contributed by atoms with Gasteiger partial charge in [0.2, 0.25) is 0 Å². The van der Waals surface area contributed by atoms with Crippen LogP contribution in [0.1, 0.15) is 17.0 Å². The quantitative estimate of drug-likeness (QED) is 0.873. The van der Waals surface area contributed by atoms with E-state index < -0.39 is 0 Å². The van der Waals surface area contributed by atoms with Crippen molar-refractivity contribution >= 4 is 11.6 Å². The van der Waals surface area contributed by atoms with Crippen LogP contribution in [0, 0.1) is 19.7 Å². The molecule has 0 aliphatic carbocycles. The largest absolute Gasteiger partial charge is 0.383 e. The Hall–Kier alpha value is -2.17. The third-order valence-corrected chi connectivity index (χ3v) is 2.70. The summed E-state index contributed by atoms with van der Waals surface area (Å²) in [6, 6.07) is 6.63. The van der Waals surface area contributed by atoms with Crippen LogP contribution >= 0.6 is 0 Å². The van der Waals surface area contributed by atoms with Crippen molar-refractivity contribution in [3.63, 3.8) is 0 Å². The third-order valence-electron chi connectivity index (χ3n) is 2.70. The lowest BCUT2D eigenvalue weighted by molar-refractivity contribution is 0.613. The molecule has 1 heterocycles. The van der Waals surface area contributed by atoms with E-state index in [1.807, 2.05) is 6.92 Å². The van der Waals surface area contributed by atoms with Crippen LogP contribution in [0.15, 0.2) is 24.3 Å². The van der Waals surface area contributed by atoms with E-state index in [0.717, 1.165) is 5.56 Å². The Kier molecular flexibility index (Phi) is 3.41. The zero-order valence-corrected chi connectivity index (χ0v) is 10.4. The highest BCUT2D eigenvalue weighted by Crippen LogP contribution is 2.18. The number of nitrogens with two attached hydrogens (primary N) is 1. The number of nitrogens with zero attached hydrogens (tertiary/aromatic N) is 2. The highest BCUT2D eigenvalue weighted by Gasteiger charge is 2.07.